The van der Waals surface area contributed by atoms with Crippen molar-refractivity contribution in [3.8, 4) is 0 Å². The number of ether oxygens (including phenoxy) is 2. The van der Waals surface area contributed by atoms with Gasteiger partial charge in [0.15, 0.2) is 11.4 Å². The van der Waals surface area contributed by atoms with Gasteiger partial charge in [0.2, 0.25) is 23.1 Å². The fourth-order valence-electron chi connectivity index (χ4n) is 9.98. The van der Waals surface area contributed by atoms with Gasteiger partial charge in [0.1, 0.15) is 13.2 Å². The molecule has 6 aliphatic heterocycles. The zero-order valence-electron chi connectivity index (χ0n) is 31.5. The lowest BCUT2D eigenvalue weighted by atomic mass is 9.82. The number of rotatable bonds is 15. The molecule has 18 nitrogen and oxygen atoms in total. The summed E-state index contributed by atoms with van der Waals surface area (Å²) in [6, 6.07) is -0.551. The summed E-state index contributed by atoms with van der Waals surface area (Å²) < 4.78 is 10.2. The van der Waals surface area contributed by atoms with Crippen LogP contribution in [0.25, 0.3) is 0 Å². The second kappa shape index (κ2) is 13.8. The van der Waals surface area contributed by atoms with Gasteiger partial charge in [-0.2, -0.15) is 0 Å². The Morgan fingerprint density at radius 2 is 1.09 bits per heavy atom. The molecule has 56 heavy (non-hydrogen) atoms. The van der Waals surface area contributed by atoms with Gasteiger partial charge in [0, 0.05) is 72.1 Å². The maximum Gasteiger partial charge on any atom is 0.404 e. The number of hydrogen-bond donors (Lipinski definition) is 6. The lowest BCUT2D eigenvalue weighted by Gasteiger charge is -2.37. The van der Waals surface area contributed by atoms with Crippen molar-refractivity contribution in [2.45, 2.75) is 62.3 Å². The summed E-state index contributed by atoms with van der Waals surface area (Å²) >= 11 is 0. The number of primary amides is 2. The minimum absolute atomic E-state index is 0.0302. The molecule has 6 heterocycles. The van der Waals surface area contributed by atoms with E-state index < -0.39 is 47.0 Å². The number of fused-ring (bicyclic) bond motifs is 8. The molecule has 8 rings (SSSR count). The second-order valence-corrected chi connectivity index (χ2v) is 18.3. The Bertz CT molecular complexity index is 1850. The van der Waals surface area contributed by atoms with E-state index in [9.17, 15) is 39.0 Å². The number of aliphatic hydroxyl groups is 2. The van der Waals surface area contributed by atoms with Crippen LogP contribution in [-0.4, -0.2) is 166 Å². The van der Waals surface area contributed by atoms with Crippen molar-refractivity contribution in [3.63, 3.8) is 0 Å². The zero-order valence-corrected chi connectivity index (χ0v) is 33.1. The van der Waals surface area contributed by atoms with Crippen LogP contribution in [0.4, 0.5) is 9.59 Å². The number of carbonyl (C=O) groups excluding carboxylic acids is 6. The molecular weight excluding hydrogens is 769 g/mol. The summed E-state index contributed by atoms with van der Waals surface area (Å²) in [5, 5.41) is 30.1. The van der Waals surface area contributed by atoms with E-state index in [1.807, 2.05) is 23.9 Å². The molecule has 0 spiro atoms. The molecule has 0 bridgehead atoms. The highest BCUT2D eigenvalue weighted by atomic mass is 33.1. The van der Waals surface area contributed by atoms with E-state index in [0.717, 1.165) is 11.5 Å². The quantitative estimate of drug-likeness (QED) is 0.0477. The minimum atomic E-state index is -1.57. The monoisotopic (exact) mass is 814 g/mol. The fourth-order valence-corrected chi connectivity index (χ4v) is 12.2. The van der Waals surface area contributed by atoms with Gasteiger partial charge in [-0.05, 0) is 40.8 Å². The summed E-state index contributed by atoms with van der Waals surface area (Å²) in [6.45, 7) is 4.16. The first-order valence-corrected chi connectivity index (χ1v) is 21.2. The van der Waals surface area contributed by atoms with Gasteiger partial charge < -0.3 is 51.6 Å². The largest absolute Gasteiger partial charge is 0.449 e. The highest BCUT2D eigenvalue weighted by molar-refractivity contribution is 8.76. The smallest absolute Gasteiger partial charge is 0.404 e. The first-order chi connectivity index (χ1) is 26.6. The number of hydrogen-bond acceptors (Lipinski definition) is 18. The Kier molecular flexibility index (Phi) is 9.55. The molecule has 4 saturated heterocycles. The van der Waals surface area contributed by atoms with Crippen molar-refractivity contribution in [1.82, 2.24) is 30.2 Å². The van der Waals surface area contributed by atoms with Crippen LogP contribution in [-0.2, 0) is 28.7 Å². The summed E-state index contributed by atoms with van der Waals surface area (Å²) in [6.07, 6.45) is -0.698. The maximum absolute atomic E-state index is 13.9. The van der Waals surface area contributed by atoms with Crippen LogP contribution < -0.4 is 22.1 Å². The van der Waals surface area contributed by atoms with Crippen LogP contribution in [0.1, 0.15) is 26.7 Å². The molecule has 2 aliphatic carbocycles. The highest BCUT2D eigenvalue weighted by Gasteiger charge is 2.75. The Labute approximate surface area is 330 Å². The van der Waals surface area contributed by atoms with Gasteiger partial charge in [0.05, 0.1) is 46.7 Å². The third-order valence-corrected chi connectivity index (χ3v) is 15.4. The molecule has 0 aromatic heterocycles. The number of nitrogens with zero attached hydrogens (tertiary/aromatic N) is 4. The van der Waals surface area contributed by atoms with Gasteiger partial charge in [-0.1, -0.05) is 21.6 Å². The average molecular weight is 815 g/mol. The third kappa shape index (κ3) is 5.53. The number of nitrogens with two attached hydrogens (primary N) is 2. The van der Waals surface area contributed by atoms with Crippen molar-refractivity contribution in [1.29, 1.82) is 0 Å². The summed E-state index contributed by atoms with van der Waals surface area (Å²) in [7, 11) is 7.01. The van der Waals surface area contributed by atoms with E-state index in [-0.39, 0.29) is 94.0 Å². The minimum Gasteiger partial charge on any atom is -0.449 e. The lowest BCUT2D eigenvalue weighted by Crippen LogP contribution is -2.53. The lowest BCUT2D eigenvalue weighted by molar-refractivity contribution is -0.127. The van der Waals surface area contributed by atoms with Gasteiger partial charge in [-0.3, -0.25) is 29.0 Å². The van der Waals surface area contributed by atoms with Gasteiger partial charge >= 0.3 is 12.2 Å². The molecule has 2 unspecified atom stereocenters. The SMILES string of the molecule is CC1=C(NCCCSSCCCNC2=C(C)C(=O)C3=C(C2=O)[C@H](COC(N)=O)[C@@]2(O)[C@@H]4[C@H](CN32)N4C)C(=O)C2=C(C1=O)N1C[C@H]3[C@H](N3C)[C@]1(O)[C@H]2COC(N)=O. The molecule has 302 valence electrons. The first kappa shape index (κ1) is 38.8. The Hall–Kier alpha value is -4.08. The van der Waals surface area contributed by atoms with Gasteiger partial charge in [0.25, 0.3) is 0 Å². The first-order valence-electron chi connectivity index (χ1n) is 18.7. The average Bonchev–Trinajstić information content (AvgIpc) is 3.77. The number of likely N-dealkylation sites (N-methyl/N-ethyl adjacent to an activating group) is 2. The molecule has 8 N–H and O–H groups in total. The van der Waals surface area contributed by atoms with Gasteiger partial charge in [-0.15, -0.1) is 0 Å². The van der Waals surface area contributed by atoms with Crippen LogP contribution in [0.3, 0.4) is 0 Å². The normalized spacial score (nSPS) is 36.1. The van der Waals surface area contributed by atoms with Crippen molar-refractivity contribution in [3.05, 3.63) is 45.1 Å². The second-order valence-electron chi connectivity index (χ2n) is 15.6. The van der Waals surface area contributed by atoms with Crippen molar-refractivity contribution < 1.29 is 48.5 Å². The zero-order chi connectivity index (χ0) is 40.2. The number of nitrogens with one attached hydrogen (secondary N) is 2. The van der Waals surface area contributed by atoms with E-state index in [1.54, 1.807) is 45.2 Å². The number of ketones is 4. The number of Topliss-reactive ketones (excluding diaryl/α,β-unsaturated/α-hetero) is 4. The molecule has 0 aromatic rings. The number of allylic oxidation sites excluding steroid dienone is 4. The number of piperazine rings is 2. The summed E-state index contributed by atoms with van der Waals surface area (Å²) in [5.74, 6) is -1.85. The molecule has 8 aliphatic rings. The van der Waals surface area contributed by atoms with Crippen molar-refractivity contribution in [2.75, 3.05) is 65.0 Å². The Morgan fingerprint density at radius 3 is 1.45 bits per heavy atom. The third-order valence-electron chi connectivity index (χ3n) is 12.8. The fraction of sp³-hybridized carbons (Fsp3) is 0.611. The molecule has 10 atom stereocenters. The van der Waals surface area contributed by atoms with Crippen LogP contribution in [0, 0.1) is 11.8 Å². The molecule has 20 heteroatoms. The van der Waals surface area contributed by atoms with Crippen LogP contribution in [0.15, 0.2) is 45.1 Å². The predicted octanol–water partition coefficient (Wildman–Crippen LogP) is -1.49. The van der Waals surface area contributed by atoms with E-state index in [2.05, 4.69) is 10.6 Å². The highest BCUT2D eigenvalue weighted by Crippen LogP contribution is 2.59. The topological polar surface area (TPSA) is 250 Å². The van der Waals surface area contributed by atoms with Crippen LogP contribution >= 0.6 is 21.6 Å². The Balaban J connectivity index is 0.799. The molecule has 0 saturated carbocycles. The van der Waals surface area contributed by atoms with Gasteiger partial charge in [-0.25, -0.2) is 9.59 Å². The summed E-state index contributed by atoms with van der Waals surface area (Å²) in [4.78, 5) is 85.3. The van der Waals surface area contributed by atoms with E-state index in [1.165, 1.54) is 0 Å². The van der Waals surface area contributed by atoms with Crippen molar-refractivity contribution >= 4 is 56.9 Å². The maximum atomic E-state index is 13.9. The molecule has 2 amide bonds. The molecule has 0 aromatic carbocycles. The van der Waals surface area contributed by atoms with E-state index in [4.69, 9.17) is 20.9 Å². The number of amides is 2. The van der Waals surface area contributed by atoms with Crippen LogP contribution in [0.5, 0.6) is 0 Å². The number of carbonyl (C=O) groups is 6. The van der Waals surface area contributed by atoms with Crippen LogP contribution in [0.2, 0.25) is 0 Å². The molecule has 0 radical (unpaired) electrons. The van der Waals surface area contributed by atoms with E-state index in [0.29, 0.717) is 39.0 Å². The summed E-state index contributed by atoms with van der Waals surface area (Å²) in [5.41, 5.74) is 8.89. The Morgan fingerprint density at radius 1 is 0.714 bits per heavy atom. The van der Waals surface area contributed by atoms with Crippen molar-refractivity contribution in [2.24, 2.45) is 23.3 Å². The molecular formula is C36H46N8O10S2. The van der Waals surface area contributed by atoms with E-state index >= 15 is 0 Å². The standard InChI is InChI=1S/C36H46N8O10S2/c1-15-23(29(47)21-17(13-53-33(37)49)35(51)31-19(41(31)3)11-43(35)25(21)27(15)45)39-7-5-9-55-56-10-6-8-40-24-16(2)28(46)26-22(30(24)48)18(14-54-34(38)50)36(52)32-20(42(32)4)12-44(26)36/h17-20,31-32,39-40,51-52H,5-14H2,1-4H3,(H2,37,49)(H2,38,50)/t17-,18-,19-,20-,31-,32-,35+,36+,41?,42?/m0/s1. The predicted molar refractivity (Wildman–Crippen MR) is 202 cm³/mol. The molecule has 4 fully saturated rings.